The van der Waals surface area contributed by atoms with Crippen LogP contribution in [0.25, 0.3) is 5.65 Å². The summed E-state index contributed by atoms with van der Waals surface area (Å²) in [6.45, 7) is 1.71. The molecule has 0 atom stereocenters. The second-order valence-corrected chi connectivity index (χ2v) is 3.53. The summed E-state index contributed by atoms with van der Waals surface area (Å²) >= 11 is 11.6. The Hall–Kier alpha value is -1.13. The number of carbonyl (C=O) groups is 1. The van der Waals surface area contributed by atoms with Crippen LogP contribution in [0.4, 0.5) is 0 Å². The van der Waals surface area contributed by atoms with Crippen molar-refractivity contribution < 1.29 is 4.79 Å². The van der Waals surface area contributed by atoms with Crippen LogP contribution in [0.15, 0.2) is 6.07 Å². The molecule has 6 heteroatoms. The lowest BCUT2D eigenvalue weighted by Crippen LogP contribution is -1.93. The highest BCUT2D eigenvalue weighted by atomic mass is 35.5. The molecule has 0 N–H and O–H groups in total. The smallest absolute Gasteiger partial charge is 0.169 e. The number of hydrogen-bond acceptors (Lipinski definition) is 3. The Morgan fingerprint density at radius 2 is 2.21 bits per heavy atom. The SMILES string of the molecule is Cc1nn2c(Cl)cc(Cl)nc2c1C=O. The van der Waals surface area contributed by atoms with E-state index in [0.717, 1.165) is 0 Å². The van der Waals surface area contributed by atoms with Gasteiger partial charge in [0.2, 0.25) is 0 Å². The van der Waals surface area contributed by atoms with Gasteiger partial charge in [0.05, 0.1) is 11.3 Å². The molecule has 4 nitrogen and oxygen atoms in total. The second-order valence-electron chi connectivity index (χ2n) is 2.75. The summed E-state index contributed by atoms with van der Waals surface area (Å²) in [5.41, 5.74) is 1.38. The van der Waals surface area contributed by atoms with E-state index in [4.69, 9.17) is 23.2 Å². The molecular formula is C8H5Cl2N3O. The summed E-state index contributed by atoms with van der Waals surface area (Å²) < 4.78 is 1.38. The normalized spacial score (nSPS) is 10.8. The van der Waals surface area contributed by atoms with Crippen LogP contribution in [-0.4, -0.2) is 20.9 Å². The molecule has 0 amide bonds. The van der Waals surface area contributed by atoms with Crippen molar-refractivity contribution in [2.24, 2.45) is 0 Å². The molecule has 0 saturated carbocycles. The molecule has 0 aromatic carbocycles. The van der Waals surface area contributed by atoms with E-state index in [1.54, 1.807) is 6.92 Å². The number of halogens is 2. The molecule has 0 bridgehead atoms. The van der Waals surface area contributed by atoms with Crippen LogP contribution < -0.4 is 0 Å². The standard InChI is InChI=1S/C8H5Cl2N3O/c1-4-5(3-14)8-11-6(9)2-7(10)13(8)12-4/h2-3H,1H3. The maximum absolute atomic E-state index is 10.7. The lowest BCUT2D eigenvalue weighted by Gasteiger charge is -1.96. The Labute approximate surface area is 89.5 Å². The van der Waals surface area contributed by atoms with Gasteiger partial charge in [-0.2, -0.15) is 5.10 Å². The third-order valence-corrected chi connectivity index (χ3v) is 2.32. The Kier molecular flexibility index (Phi) is 2.17. The van der Waals surface area contributed by atoms with Crippen LogP contribution in [0.5, 0.6) is 0 Å². The van der Waals surface area contributed by atoms with E-state index >= 15 is 0 Å². The van der Waals surface area contributed by atoms with Gasteiger partial charge >= 0.3 is 0 Å². The van der Waals surface area contributed by atoms with Gasteiger partial charge in [-0.05, 0) is 6.92 Å². The summed E-state index contributed by atoms with van der Waals surface area (Å²) in [6.07, 6.45) is 0.692. The monoisotopic (exact) mass is 229 g/mol. The fraction of sp³-hybridized carbons (Fsp3) is 0.125. The van der Waals surface area contributed by atoms with Gasteiger partial charge in [-0.15, -0.1) is 0 Å². The van der Waals surface area contributed by atoms with Crippen LogP contribution in [0, 0.1) is 6.92 Å². The van der Waals surface area contributed by atoms with Crippen LogP contribution in [-0.2, 0) is 0 Å². The summed E-state index contributed by atoms with van der Waals surface area (Å²) in [5.74, 6) is 0. The van der Waals surface area contributed by atoms with Gasteiger partial charge in [0.1, 0.15) is 10.3 Å². The molecular weight excluding hydrogens is 225 g/mol. The largest absolute Gasteiger partial charge is 0.298 e. The van der Waals surface area contributed by atoms with Crippen LogP contribution in [0.2, 0.25) is 10.3 Å². The first kappa shape index (κ1) is 9.43. The Balaban J connectivity index is 2.94. The zero-order valence-corrected chi connectivity index (χ0v) is 8.67. The van der Waals surface area contributed by atoms with Crippen LogP contribution in [0.3, 0.4) is 0 Å². The molecule has 0 aliphatic heterocycles. The lowest BCUT2D eigenvalue weighted by atomic mass is 10.3. The van der Waals surface area contributed by atoms with Crippen molar-refractivity contribution in [2.75, 3.05) is 0 Å². The van der Waals surface area contributed by atoms with Gasteiger partial charge in [0, 0.05) is 6.07 Å². The first-order valence-corrected chi connectivity index (χ1v) is 4.55. The van der Waals surface area contributed by atoms with E-state index < -0.39 is 0 Å². The van der Waals surface area contributed by atoms with E-state index in [1.807, 2.05) is 0 Å². The average Bonchev–Trinajstić information content (AvgIpc) is 2.41. The third kappa shape index (κ3) is 1.27. The number of aromatic nitrogens is 3. The fourth-order valence-corrected chi connectivity index (χ4v) is 1.67. The Bertz CT molecular complexity index is 521. The van der Waals surface area contributed by atoms with Crippen molar-refractivity contribution in [1.29, 1.82) is 0 Å². The number of carbonyl (C=O) groups excluding carboxylic acids is 1. The molecule has 0 radical (unpaired) electrons. The number of aryl methyl sites for hydroxylation is 1. The maximum atomic E-state index is 10.7. The van der Waals surface area contributed by atoms with Crippen LogP contribution in [0.1, 0.15) is 16.1 Å². The van der Waals surface area contributed by atoms with Crippen molar-refractivity contribution in [3.8, 4) is 0 Å². The zero-order chi connectivity index (χ0) is 10.3. The predicted octanol–water partition coefficient (Wildman–Crippen LogP) is 2.16. The van der Waals surface area contributed by atoms with E-state index in [2.05, 4.69) is 10.1 Å². The molecule has 0 spiro atoms. The van der Waals surface area contributed by atoms with Crippen molar-refractivity contribution in [1.82, 2.24) is 14.6 Å². The predicted molar refractivity (Wildman–Crippen MR) is 53.1 cm³/mol. The number of aldehydes is 1. The summed E-state index contributed by atoms with van der Waals surface area (Å²) in [5, 5.41) is 4.63. The quantitative estimate of drug-likeness (QED) is 0.557. The van der Waals surface area contributed by atoms with Gasteiger partial charge in [0.15, 0.2) is 11.9 Å². The summed E-state index contributed by atoms with van der Waals surface area (Å²) in [7, 11) is 0. The first-order chi connectivity index (χ1) is 6.63. The van der Waals surface area contributed by atoms with E-state index in [-0.39, 0.29) is 5.15 Å². The Morgan fingerprint density at radius 3 is 2.86 bits per heavy atom. The van der Waals surface area contributed by atoms with Crippen molar-refractivity contribution in [3.63, 3.8) is 0 Å². The second kappa shape index (κ2) is 3.22. The van der Waals surface area contributed by atoms with E-state index in [0.29, 0.717) is 28.3 Å². The van der Waals surface area contributed by atoms with Gasteiger partial charge < -0.3 is 0 Å². The molecule has 0 saturated heterocycles. The number of nitrogens with zero attached hydrogens (tertiary/aromatic N) is 3. The van der Waals surface area contributed by atoms with Crippen molar-refractivity contribution >= 4 is 35.1 Å². The molecule has 0 aliphatic rings. The van der Waals surface area contributed by atoms with E-state index in [9.17, 15) is 4.79 Å². The molecule has 2 rings (SSSR count). The van der Waals surface area contributed by atoms with Gasteiger partial charge in [-0.1, -0.05) is 23.2 Å². The molecule has 72 valence electrons. The highest BCUT2D eigenvalue weighted by molar-refractivity contribution is 6.33. The zero-order valence-electron chi connectivity index (χ0n) is 7.16. The van der Waals surface area contributed by atoms with Crippen molar-refractivity contribution in [2.45, 2.75) is 6.92 Å². The first-order valence-electron chi connectivity index (χ1n) is 3.80. The third-order valence-electron chi connectivity index (χ3n) is 1.85. The molecule has 0 aliphatic carbocycles. The van der Waals surface area contributed by atoms with Crippen LogP contribution >= 0.6 is 23.2 Å². The molecule has 0 unspecified atom stereocenters. The molecule has 2 aromatic rings. The van der Waals surface area contributed by atoms with Gasteiger partial charge in [-0.25, -0.2) is 9.50 Å². The topological polar surface area (TPSA) is 47.3 Å². The van der Waals surface area contributed by atoms with Gasteiger partial charge in [0.25, 0.3) is 0 Å². The summed E-state index contributed by atoms with van der Waals surface area (Å²) in [6, 6.07) is 1.47. The van der Waals surface area contributed by atoms with Gasteiger partial charge in [-0.3, -0.25) is 4.79 Å². The Morgan fingerprint density at radius 1 is 1.50 bits per heavy atom. The number of fused-ring (bicyclic) bond motifs is 1. The minimum Gasteiger partial charge on any atom is -0.298 e. The minimum atomic E-state index is 0.241. The maximum Gasteiger partial charge on any atom is 0.169 e. The molecule has 0 fully saturated rings. The number of hydrogen-bond donors (Lipinski definition) is 0. The molecule has 2 aromatic heterocycles. The van der Waals surface area contributed by atoms with Crippen molar-refractivity contribution in [3.05, 3.63) is 27.6 Å². The lowest BCUT2D eigenvalue weighted by molar-refractivity contribution is 0.112. The highest BCUT2D eigenvalue weighted by Gasteiger charge is 2.12. The fourth-order valence-electron chi connectivity index (χ4n) is 1.21. The van der Waals surface area contributed by atoms with E-state index in [1.165, 1.54) is 10.6 Å². The highest BCUT2D eigenvalue weighted by Crippen LogP contribution is 2.19. The summed E-state index contributed by atoms with van der Waals surface area (Å²) in [4.78, 5) is 14.7. The molecule has 2 heterocycles. The number of rotatable bonds is 1. The minimum absolute atomic E-state index is 0.241. The average molecular weight is 230 g/mol. The molecule has 14 heavy (non-hydrogen) atoms.